The first-order valence-electron chi connectivity index (χ1n) is 6.37. The Bertz CT molecular complexity index is 502. The highest BCUT2D eigenvalue weighted by atomic mass is 16.5. The summed E-state index contributed by atoms with van der Waals surface area (Å²) in [5.41, 5.74) is 0.855. The van der Waals surface area contributed by atoms with Crippen molar-refractivity contribution in [2.75, 3.05) is 19.0 Å². The fourth-order valence-corrected chi connectivity index (χ4v) is 2.21. The van der Waals surface area contributed by atoms with Crippen molar-refractivity contribution >= 4 is 11.6 Å². The third-order valence-electron chi connectivity index (χ3n) is 3.24. The number of nitrogens with zero attached hydrogens (tertiary/aromatic N) is 1. The first kappa shape index (κ1) is 13.4. The second kappa shape index (κ2) is 6.21. The molecule has 1 aromatic carbocycles. The van der Waals surface area contributed by atoms with Crippen LogP contribution < -0.4 is 15.4 Å². The molecule has 2 N–H and O–H groups in total. The molecule has 1 amide bonds. The molecule has 0 spiro atoms. The van der Waals surface area contributed by atoms with E-state index in [9.17, 15) is 4.79 Å². The summed E-state index contributed by atoms with van der Waals surface area (Å²) in [6, 6.07) is 6.99. The molecule has 19 heavy (non-hydrogen) atoms. The van der Waals surface area contributed by atoms with Crippen LogP contribution in [0.15, 0.2) is 18.2 Å². The van der Waals surface area contributed by atoms with E-state index in [-0.39, 0.29) is 11.9 Å². The molecule has 1 heterocycles. The van der Waals surface area contributed by atoms with Crippen LogP contribution in [-0.4, -0.2) is 25.6 Å². The van der Waals surface area contributed by atoms with Crippen molar-refractivity contribution in [1.82, 2.24) is 5.32 Å². The molecule has 0 bridgehead atoms. The minimum Gasteiger partial charge on any atom is -0.495 e. The zero-order valence-corrected chi connectivity index (χ0v) is 10.9. The van der Waals surface area contributed by atoms with Crippen LogP contribution in [0.25, 0.3) is 0 Å². The number of rotatable bonds is 3. The molecule has 5 nitrogen and oxygen atoms in total. The highest BCUT2D eigenvalue weighted by Crippen LogP contribution is 2.28. The number of hydrogen-bond donors (Lipinski definition) is 2. The Balaban J connectivity index is 2.18. The van der Waals surface area contributed by atoms with Gasteiger partial charge in [-0.3, -0.25) is 4.79 Å². The van der Waals surface area contributed by atoms with Gasteiger partial charge in [0.2, 0.25) is 5.91 Å². The van der Waals surface area contributed by atoms with Crippen LogP contribution in [0.3, 0.4) is 0 Å². The van der Waals surface area contributed by atoms with E-state index < -0.39 is 0 Å². The molecule has 5 heteroatoms. The van der Waals surface area contributed by atoms with Gasteiger partial charge in [0.25, 0.3) is 0 Å². The molecule has 1 fully saturated rings. The van der Waals surface area contributed by atoms with E-state index >= 15 is 0 Å². The molecule has 0 saturated carbocycles. The Labute approximate surface area is 112 Å². The van der Waals surface area contributed by atoms with Crippen molar-refractivity contribution < 1.29 is 9.53 Å². The number of nitrogens with one attached hydrogen (secondary N) is 2. The van der Waals surface area contributed by atoms with Gasteiger partial charge in [0, 0.05) is 0 Å². The zero-order valence-electron chi connectivity index (χ0n) is 10.9. The molecule has 1 atom stereocenters. The summed E-state index contributed by atoms with van der Waals surface area (Å²) < 4.78 is 5.19. The van der Waals surface area contributed by atoms with Gasteiger partial charge >= 0.3 is 0 Å². The van der Waals surface area contributed by atoms with E-state index in [2.05, 4.69) is 16.7 Å². The first-order valence-corrected chi connectivity index (χ1v) is 6.37. The average molecular weight is 259 g/mol. The highest BCUT2D eigenvalue weighted by Gasteiger charge is 2.22. The van der Waals surface area contributed by atoms with Gasteiger partial charge in [-0.1, -0.05) is 12.5 Å². The van der Waals surface area contributed by atoms with Crippen LogP contribution in [0.4, 0.5) is 5.69 Å². The SMILES string of the molecule is COc1cccc(C#N)c1NC(=O)[C@H]1CCCCN1. The van der Waals surface area contributed by atoms with Gasteiger partial charge in [0.15, 0.2) is 0 Å². The lowest BCUT2D eigenvalue weighted by molar-refractivity contribution is -0.118. The second-order valence-corrected chi connectivity index (χ2v) is 4.49. The Morgan fingerprint density at radius 2 is 2.37 bits per heavy atom. The lowest BCUT2D eigenvalue weighted by atomic mass is 10.0. The smallest absolute Gasteiger partial charge is 0.241 e. The highest BCUT2D eigenvalue weighted by molar-refractivity contribution is 5.97. The third kappa shape index (κ3) is 3.04. The van der Waals surface area contributed by atoms with E-state index in [0.29, 0.717) is 17.0 Å². The summed E-state index contributed by atoms with van der Waals surface area (Å²) in [7, 11) is 1.52. The molecule has 1 saturated heterocycles. The number of piperidine rings is 1. The minimum atomic E-state index is -0.190. The predicted octanol–water partition coefficient (Wildman–Crippen LogP) is 1.65. The predicted molar refractivity (Wildman–Crippen MR) is 72.0 cm³/mol. The third-order valence-corrected chi connectivity index (χ3v) is 3.24. The summed E-state index contributed by atoms with van der Waals surface area (Å²) in [5.74, 6) is 0.393. The van der Waals surface area contributed by atoms with Crippen molar-refractivity contribution in [3.05, 3.63) is 23.8 Å². The molecule has 2 rings (SSSR count). The topological polar surface area (TPSA) is 74.1 Å². The van der Waals surface area contributed by atoms with Crippen molar-refractivity contribution in [2.45, 2.75) is 25.3 Å². The van der Waals surface area contributed by atoms with Gasteiger partial charge in [0.05, 0.1) is 18.7 Å². The van der Waals surface area contributed by atoms with E-state index in [1.165, 1.54) is 7.11 Å². The molecule has 1 aromatic rings. The number of benzene rings is 1. The molecule has 0 aliphatic carbocycles. The summed E-state index contributed by atoms with van der Waals surface area (Å²) in [6.07, 6.45) is 2.97. The van der Waals surface area contributed by atoms with Gasteiger partial charge in [-0.15, -0.1) is 0 Å². The molecule has 0 aromatic heterocycles. The Morgan fingerprint density at radius 3 is 3.00 bits per heavy atom. The first-order chi connectivity index (χ1) is 9.26. The number of nitriles is 1. The summed E-state index contributed by atoms with van der Waals surface area (Å²) in [6.45, 7) is 0.856. The lowest BCUT2D eigenvalue weighted by Crippen LogP contribution is -2.43. The van der Waals surface area contributed by atoms with Gasteiger partial charge in [0.1, 0.15) is 17.5 Å². The van der Waals surface area contributed by atoms with Crippen LogP contribution in [0.2, 0.25) is 0 Å². The maximum absolute atomic E-state index is 12.2. The number of ether oxygens (including phenoxy) is 1. The largest absolute Gasteiger partial charge is 0.495 e. The van der Waals surface area contributed by atoms with Gasteiger partial charge in [-0.2, -0.15) is 5.26 Å². The lowest BCUT2D eigenvalue weighted by Gasteiger charge is -2.23. The molecule has 1 aliphatic rings. The molecular formula is C14H17N3O2. The number of hydrogen-bond acceptors (Lipinski definition) is 4. The molecular weight excluding hydrogens is 242 g/mol. The Morgan fingerprint density at radius 1 is 1.53 bits per heavy atom. The van der Waals surface area contributed by atoms with Crippen molar-refractivity contribution in [1.29, 1.82) is 5.26 Å². The summed E-state index contributed by atoms with van der Waals surface area (Å²) >= 11 is 0. The normalized spacial score (nSPS) is 18.4. The van der Waals surface area contributed by atoms with Gasteiger partial charge < -0.3 is 15.4 Å². The maximum Gasteiger partial charge on any atom is 0.241 e. The molecule has 1 aliphatic heterocycles. The van der Waals surface area contributed by atoms with Crippen molar-refractivity contribution in [3.63, 3.8) is 0 Å². The fraction of sp³-hybridized carbons (Fsp3) is 0.429. The van der Waals surface area contributed by atoms with Gasteiger partial charge in [-0.25, -0.2) is 0 Å². The Hall–Kier alpha value is -2.06. The van der Waals surface area contributed by atoms with Crippen LogP contribution >= 0.6 is 0 Å². The molecule has 0 radical (unpaired) electrons. The fourth-order valence-electron chi connectivity index (χ4n) is 2.21. The number of methoxy groups -OCH3 is 1. The van der Waals surface area contributed by atoms with Crippen LogP contribution in [-0.2, 0) is 4.79 Å². The van der Waals surface area contributed by atoms with E-state index in [1.54, 1.807) is 18.2 Å². The maximum atomic E-state index is 12.2. The minimum absolute atomic E-state index is 0.110. The van der Waals surface area contributed by atoms with E-state index in [0.717, 1.165) is 25.8 Å². The number of para-hydroxylation sites is 1. The second-order valence-electron chi connectivity index (χ2n) is 4.49. The number of carbonyl (C=O) groups excluding carboxylic acids is 1. The number of carbonyl (C=O) groups is 1. The average Bonchev–Trinajstić information content (AvgIpc) is 2.48. The molecule has 100 valence electrons. The summed E-state index contributed by atoms with van der Waals surface area (Å²) in [5, 5.41) is 15.1. The van der Waals surface area contributed by atoms with Crippen molar-refractivity contribution in [2.24, 2.45) is 0 Å². The number of amides is 1. The number of anilines is 1. The van der Waals surface area contributed by atoms with Crippen molar-refractivity contribution in [3.8, 4) is 11.8 Å². The summed E-state index contributed by atoms with van der Waals surface area (Å²) in [4.78, 5) is 12.2. The van der Waals surface area contributed by atoms with Crippen LogP contribution in [0, 0.1) is 11.3 Å². The van der Waals surface area contributed by atoms with E-state index in [4.69, 9.17) is 10.00 Å². The quantitative estimate of drug-likeness (QED) is 0.865. The standard InChI is InChI=1S/C14H17N3O2/c1-19-12-7-4-5-10(9-15)13(12)17-14(18)11-6-2-3-8-16-11/h4-5,7,11,16H,2-3,6,8H2,1H3,(H,17,18)/t11-/m1/s1. The zero-order chi connectivity index (χ0) is 13.7. The molecule has 0 unspecified atom stereocenters. The van der Waals surface area contributed by atoms with Gasteiger partial charge in [-0.05, 0) is 31.5 Å². The van der Waals surface area contributed by atoms with Crippen LogP contribution in [0.1, 0.15) is 24.8 Å². The van der Waals surface area contributed by atoms with Crippen LogP contribution in [0.5, 0.6) is 5.75 Å². The van der Waals surface area contributed by atoms with E-state index in [1.807, 2.05) is 0 Å². The Kier molecular flexibility index (Phi) is 4.37. The monoisotopic (exact) mass is 259 g/mol.